The Balaban J connectivity index is 1.63. The molecule has 0 aliphatic heterocycles. The maximum Gasteiger partial charge on any atom is 0.416 e. The molecule has 0 aliphatic rings. The maximum atomic E-state index is 13.8. The highest BCUT2D eigenvalue weighted by atomic mass is 19.4. The molecule has 3 aromatic carbocycles. The highest BCUT2D eigenvalue weighted by Crippen LogP contribution is 2.30. The molecular weight excluding hydrogens is 501 g/mol. The summed E-state index contributed by atoms with van der Waals surface area (Å²) in [6.07, 6.45) is -0.423. The predicted octanol–water partition coefficient (Wildman–Crippen LogP) is 7.06. The monoisotopic (exact) mass is 530 g/mol. The van der Waals surface area contributed by atoms with Gasteiger partial charge in [0.25, 0.3) is 5.56 Å². The predicted molar refractivity (Wildman–Crippen MR) is 146 cm³/mol. The third-order valence-electron chi connectivity index (χ3n) is 6.89. The summed E-state index contributed by atoms with van der Waals surface area (Å²) < 4.78 is 42.9. The molecule has 0 saturated heterocycles. The van der Waals surface area contributed by atoms with Crippen LogP contribution in [-0.4, -0.2) is 19.1 Å². The molecule has 5 rings (SSSR count). The summed E-state index contributed by atoms with van der Waals surface area (Å²) in [6.45, 7) is 6.02. The molecule has 0 aliphatic carbocycles. The summed E-state index contributed by atoms with van der Waals surface area (Å²) >= 11 is 0. The molecule has 2 aromatic heterocycles. The fraction of sp³-hybridized carbons (Fsp3) is 0.258. The van der Waals surface area contributed by atoms with Gasteiger partial charge in [0.1, 0.15) is 11.6 Å². The number of fused-ring (bicyclic) bond motifs is 1. The number of halogens is 3. The summed E-state index contributed by atoms with van der Waals surface area (Å²) in [5, 5.41) is 0.524. The molecule has 0 bridgehead atoms. The van der Waals surface area contributed by atoms with Crippen molar-refractivity contribution < 1.29 is 13.2 Å². The lowest BCUT2D eigenvalue weighted by Crippen LogP contribution is -2.27. The standard InChI is InChI=1S/C31H29F3N4O/c1-4-7-24-19-37(28(35-24)18-22-12-14-23(15-13-22)31(32,33)34)21(3)29-36-27-9-6-5-8-26(27)30(39)38(29)25-16-10-20(2)11-17-25/h5-6,8-17,19,21H,4,7,18H2,1-3H3. The second-order valence-corrected chi connectivity index (χ2v) is 9.82. The fourth-order valence-electron chi connectivity index (χ4n) is 4.82. The van der Waals surface area contributed by atoms with E-state index >= 15 is 0 Å². The Morgan fingerprint density at radius 3 is 2.28 bits per heavy atom. The van der Waals surface area contributed by atoms with Crippen LogP contribution in [0, 0.1) is 6.92 Å². The van der Waals surface area contributed by atoms with Crippen molar-refractivity contribution in [1.29, 1.82) is 0 Å². The summed E-state index contributed by atoms with van der Waals surface area (Å²) in [5.74, 6) is 1.25. The number of hydrogen-bond acceptors (Lipinski definition) is 3. The van der Waals surface area contributed by atoms with Crippen molar-refractivity contribution in [3.05, 3.63) is 123 Å². The highest BCUT2D eigenvalue weighted by molar-refractivity contribution is 5.77. The van der Waals surface area contributed by atoms with E-state index in [-0.39, 0.29) is 11.6 Å². The first-order chi connectivity index (χ1) is 18.7. The van der Waals surface area contributed by atoms with E-state index in [0.717, 1.165) is 36.2 Å². The van der Waals surface area contributed by atoms with E-state index in [1.54, 1.807) is 10.6 Å². The Labute approximate surface area is 224 Å². The highest BCUT2D eigenvalue weighted by Gasteiger charge is 2.30. The third kappa shape index (κ3) is 5.37. The Morgan fingerprint density at radius 1 is 0.923 bits per heavy atom. The molecule has 0 saturated carbocycles. The number of para-hydroxylation sites is 1. The minimum Gasteiger partial charge on any atom is -0.324 e. The van der Waals surface area contributed by atoms with Gasteiger partial charge in [0.15, 0.2) is 0 Å². The van der Waals surface area contributed by atoms with Gasteiger partial charge in [-0.3, -0.25) is 9.36 Å². The van der Waals surface area contributed by atoms with Crippen molar-refractivity contribution in [3.63, 3.8) is 0 Å². The van der Waals surface area contributed by atoms with Gasteiger partial charge in [-0.05, 0) is 62.2 Å². The van der Waals surface area contributed by atoms with Crippen LogP contribution in [0.1, 0.15) is 60.3 Å². The fourth-order valence-corrected chi connectivity index (χ4v) is 4.82. The molecule has 0 fully saturated rings. The van der Waals surface area contributed by atoms with E-state index in [9.17, 15) is 18.0 Å². The molecule has 1 unspecified atom stereocenters. The topological polar surface area (TPSA) is 52.7 Å². The lowest BCUT2D eigenvalue weighted by Gasteiger charge is -2.21. The van der Waals surface area contributed by atoms with Crippen LogP contribution in [0.4, 0.5) is 13.2 Å². The van der Waals surface area contributed by atoms with E-state index in [4.69, 9.17) is 9.97 Å². The van der Waals surface area contributed by atoms with E-state index in [1.807, 2.05) is 67.1 Å². The Hall–Kier alpha value is -4.20. The van der Waals surface area contributed by atoms with Crippen LogP contribution in [0.2, 0.25) is 0 Å². The summed E-state index contributed by atoms with van der Waals surface area (Å²) in [4.78, 5) is 23.6. The largest absolute Gasteiger partial charge is 0.416 e. The Kier molecular flexibility index (Phi) is 7.12. The lowest BCUT2D eigenvalue weighted by atomic mass is 10.1. The van der Waals surface area contributed by atoms with Gasteiger partial charge in [0.05, 0.1) is 33.9 Å². The van der Waals surface area contributed by atoms with Gasteiger partial charge < -0.3 is 4.57 Å². The molecule has 1 atom stereocenters. The number of nitrogens with zero attached hydrogens (tertiary/aromatic N) is 4. The molecule has 39 heavy (non-hydrogen) atoms. The van der Waals surface area contributed by atoms with Crippen LogP contribution >= 0.6 is 0 Å². The number of benzene rings is 3. The van der Waals surface area contributed by atoms with E-state index in [1.165, 1.54) is 12.1 Å². The van der Waals surface area contributed by atoms with Gasteiger partial charge >= 0.3 is 6.18 Å². The zero-order valence-corrected chi connectivity index (χ0v) is 22.0. The van der Waals surface area contributed by atoms with Crippen LogP contribution in [0.3, 0.4) is 0 Å². The summed E-state index contributed by atoms with van der Waals surface area (Å²) in [6, 6.07) is 19.8. The van der Waals surface area contributed by atoms with Crippen LogP contribution in [0.15, 0.2) is 83.8 Å². The number of aromatic nitrogens is 4. The van der Waals surface area contributed by atoms with Crippen molar-refractivity contribution in [3.8, 4) is 5.69 Å². The quantitative estimate of drug-likeness (QED) is 0.226. The average Bonchev–Trinajstić information content (AvgIpc) is 3.31. The van der Waals surface area contributed by atoms with Crippen LogP contribution in [-0.2, 0) is 19.0 Å². The third-order valence-corrected chi connectivity index (χ3v) is 6.89. The molecule has 0 N–H and O–H groups in total. The number of hydrogen-bond donors (Lipinski definition) is 0. The van der Waals surface area contributed by atoms with Crippen molar-refractivity contribution >= 4 is 10.9 Å². The van der Waals surface area contributed by atoms with Gasteiger partial charge in [-0.25, -0.2) is 9.97 Å². The van der Waals surface area contributed by atoms with Crippen molar-refractivity contribution in [2.24, 2.45) is 0 Å². The smallest absolute Gasteiger partial charge is 0.324 e. The summed E-state index contributed by atoms with van der Waals surface area (Å²) in [5.41, 5.74) is 3.15. The second-order valence-electron chi connectivity index (χ2n) is 9.82. The molecule has 5 nitrogen and oxygen atoms in total. The second kappa shape index (κ2) is 10.5. The average molecular weight is 531 g/mol. The van der Waals surface area contributed by atoms with Gasteiger partial charge in [-0.1, -0.05) is 55.3 Å². The minimum atomic E-state index is -4.39. The van der Waals surface area contributed by atoms with Crippen molar-refractivity contribution in [1.82, 2.24) is 19.1 Å². The minimum absolute atomic E-state index is 0.163. The first-order valence-electron chi connectivity index (χ1n) is 13.0. The van der Waals surface area contributed by atoms with Crippen LogP contribution in [0.25, 0.3) is 16.6 Å². The van der Waals surface area contributed by atoms with Crippen molar-refractivity contribution in [2.75, 3.05) is 0 Å². The first-order valence-corrected chi connectivity index (χ1v) is 13.0. The van der Waals surface area contributed by atoms with Gasteiger partial charge in [0.2, 0.25) is 0 Å². The van der Waals surface area contributed by atoms with E-state index < -0.39 is 11.7 Å². The number of imidazole rings is 1. The number of rotatable bonds is 7. The summed E-state index contributed by atoms with van der Waals surface area (Å²) in [7, 11) is 0. The number of aryl methyl sites for hydroxylation is 2. The van der Waals surface area contributed by atoms with Crippen molar-refractivity contribution in [2.45, 2.75) is 52.3 Å². The van der Waals surface area contributed by atoms with Gasteiger partial charge in [-0.15, -0.1) is 0 Å². The molecule has 0 amide bonds. The van der Waals surface area contributed by atoms with Crippen LogP contribution in [0.5, 0.6) is 0 Å². The zero-order valence-electron chi connectivity index (χ0n) is 22.0. The molecule has 8 heteroatoms. The van der Waals surface area contributed by atoms with E-state index in [2.05, 4.69) is 6.92 Å². The van der Waals surface area contributed by atoms with E-state index in [0.29, 0.717) is 40.2 Å². The van der Waals surface area contributed by atoms with Crippen LogP contribution < -0.4 is 5.56 Å². The maximum absolute atomic E-state index is 13.8. The normalized spacial score (nSPS) is 12.7. The molecule has 0 spiro atoms. The van der Waals surface area contributed by atoms with Gasteiger partial charge in [-0.2, -0.15) is 13.2 Å². The zero-order chi connectivity index (χ0) is 27.7. The molecule has 200 valence electrons. The lowest BCUT2D eigenvalue weighted by molar-refractivity contribution is -0.137. The molecule has 0 radical (unpaired) electrons. The molecule has 2 heterocycles. The molecule has 5 aromatic rings. The first kappa shape index (κ1) is 26.4. The Bertz CT molecular complexity index is 1670. The number of alkyl halides is 3. The van der Waals surface area contributed by atoms with Gasteiger partial charge in [0, 0.05) is 12.6 Å². The Morgan fingerprint density at radius 2 is 1.62 bits per heavy atom. The molecular formula is C31H29F3N4O. The SMILES string of the molecule is CCCc1cn(C(C)c2nc3ccccc3c(=O)n2-c2ccc(C)cc2)c(Cc2ccc(C(F)(F)F)cc2)n1.